The van der Waals surface area contributed by atoms with Crippen LogP contribution in [0, 0.1) is 6.92 Å². The number of nitrogens with one attached hydrogen (secondary N) is 2. The lowest BCUT2D eigenvalue weighted by Gasteiger charge is -2.09. The van der Waals surface area contributed by atoms with Gasteiger partial charge in [-0.3, -0.25) is 9.59 Å². The molecule has 26 heavy (non-hydrogen) atoms. The lowest BCUT2D eigenvalue weighted by Crippen LogP contribution is -2.17. The highest BCUT2D eigenvalue weighted by molar-refractivity contribution is 7.18. The van der Waals surface area contributed by atoms with Crippen LogP contribution >= 0.6 is 11.3 Å². The van der Waals surface area contributed by atoms with E-state index in [9.17, 15) is 9.59 Å². The monoisotopic (exact) mass is 368 g/mol. The summed E-state index contributed by atoms with van der Waals surface area (Å²) in [6, 6.07) is 3.69. The van der Waals surface area contributed by atoms with Crippen molar-refractivity contribution in [1.82, 2.24) is 15.0 Å². The van der Waals surface area contributed by atoms with Gasteiger partial charge in [-0.1, -0.05) is 0 Å². The topological polar surface area (TPSA) is 87.7 Å². The summed E-state index contributed by atoms with van der Waals surface area (Å²) >= 11 is 1.62. The maximum absolute atomic E-state index is 12.5. The predicted molar refractivity (Wildman–Crippen MR) is 103 cm³/mol. The maximum Gasteiger partial charge on any atom is 0.259 e. The summed E-state index contributed by atoms with van der Waals surface area (Å²) in [6.45, 7) is 1.95. The van der Waals surface area contributed by atoms with Crippen LogP contribution in [0.15, 0.2) is 23.1 Å². The van der Waals surface area contributed by atoms with E-state index in [1.807, 2.05) is 19.1 Å². The van der Waals surface area contributed by atoms with Crippen molar-refractivity contribution in [3.05, 3.63) is 50.5 Å². The van der Waals surface area contributed by atoms with Gasteiger partial charge >= 0.3 is 0 Å². The molecule has 3 aromatic heterocycles. The first-order chi connectivity index (χ1) is 12.6. The molecule has 0 aromatic carbocycles. The lowest BCUT2D eigenvalue weighted by molar-refractivity contribution is -0.116. The number of rotatable bonds is 4. The molecule has 1 aliphatic rings. The summed E-state index contributed by atoms with van der Waals surface area (Å²) in [7, 11) is 0. The lowest BCUT2D eigenvalue weighted by atomic mass is 9.97. The van der Waals surface area contributed by atoms with Crippen LogP contribution in [0.2, 0.25) is 0 Å². The Morgan fingerprint density at radius 1 is 1.35 bits per heavy atom. The first kappa shape index (κ1) is 16.9. The quantitative estimate of drug-likeness (QED) is 0.740. The van der Waals surface area contributed by atoms with E-state index in [4.69, 9.17) is 0 Å². The average Bonchev–Trinajstić information content (AvgIpc) is 2.99. The number of nitrogens with zero attached hydrogens (tertiary/aromatic N) is 2. The number of aromatic nitrogens is 3. The van der Waals surface area contributed by atoms with Gasteiger partial charge in [-0.15, -0.1) is 11.3 Å². The van der Waals surface area contributed by atoms with Crippen molar-refractivity contribution in [2.24, 2.45) is 0 Å². The smallest absolute Gasteiger partial charge is 0.259 e. The molecule has 0 atom stereocenters. The molecule has 0 spiro atoms. The molecule has 4 rings (SSSR count). The number of carbonyl (C=O) groups excluding carboxylic acids is 1. The number of carbonyl (C=O) groups is 1. The third kappa shape index (κ3) is 3.39. The molecule has 3 aromatic rings. The van der Waals surface area contributed by atoms with Gasteiger partial charge in [0.25, 0.3) is 5.56 Å². The Balaban J connectivity index is 1.49. The Hall–Kier alpha value is -2.54. The fourth-order valence-electron chi connectivity index (χ4n) is 3.37. The molecule has 1 aliphatic carbocycles. The van der Waals surface area contributed by atoms with Crippen LogP contribution in [-0.2, 0) is 24.1 Å². The fourth-order valence-corrected chi connectivity index (χ4v) is 4.65. The maximum atomic E-state index is 12.5. The van der Waals surface area contributed by atoms with E-state index in [0.29, 0.717) is 18.1 Å². The number of anilines is 1. The summed E-state index contributed by atoms with van der Waals surface area (Å²) in [5.74, 6) is 0.961. The van der Waals surface area contributed by atoms with Crippen LogP contribution in [0.1, 0.15) is 41.1 Å². The largest absolute Gasteiger partial charge is 0.311 e. The van der Waals surface area contributed by atoms with Crippen molar-refractivity contribution in [2.45, 2.75) is 45.4 Å². The zero-order valence-corrected chi connectivity index (χ0v) is 15.4. The fraction of sp³-hybridized carbons (Fsp3) is 0.368. The van der Waals surface area contributed by atoms with Gasteiger partial charge in [0.05, 0.1) is 5.39 Å². The number of amides is 1. The number of aryl methyl sites for hydroxylation is 4. The Bertz CT molecular complexity index is 1040. The van der Waals surface area contributed by atoms with E-state index in [1.54, 1.807) is 17.5 Å². The van der Waals surface area contributed by atoms with Gasteiger partial charge in [-0.2, -0.15) is 0 Å². The minimum Gasteiger partial charge on any atom is -0.311 e. The highest BCUT2D eigenvalue weighted by Crippen LogP contribution is 2.33. The Labute approximate surface area is 154 Å². The van der Waals surface area contributed by atoms with E-state index < -0.39 is 0 Å². The van der Waals surface area contributed by atoms with Crippen LogP contribution < -0.4 is 10.9 Å². The summed E-state index contributed by atoms with van der Waals surface area (Å²) in [4.78, 5) is 38.3. The van der Waals surface area contributed by atoms with Crippen LogP contribution in [0.5, 0.6) is 0 Å². The van der Waals surface area contributed by atoms with Crippen molar-refractivity contribution in [1.29, 1.82) is 0 Å². The van der Waals surface area contributed by atoms with E-state index >= 15 is 0 Å². The molecule has 0 aliphatic heterocycles. The van der Waals surface area contributed by atoms with E-state index in [2.05, 4.69) is 20.3 Å². The molecule has 0 saturated heterocycles. The predicted octanol–water partition coefficient (Wildman–Crippen LogP) is 3.14. The van der Waals surface area contributed by atoms with Gasteiger partial charge in [-0.05, 0) is 55.9 Å². The number of H-pyrrole nitrogens is 1. The molecule has 0 bridgehead atoms. The van der Waals surface area contributed by atoms with Crippen molar-refractivity contribution >= 4 is 33.3 Å². The van der Waals surface area contributed by atoms with Crippen molar-refractivity contribution in [3.63, 3.8) is 0 Å². The van der Waals surface area contributed by atoms with Crippen molar-refractivity contribution in [2.75, 3.05) is 5.32 Å². The van der Waals surface area contributed by atoms with E-state index in [1.165, 1.54) is 16.9 Å². The number of hydrogen-bond donors (Lipinski definition) is 2. The molecule has 0 fully saturated rings. The van der Waals surface area contributed by atoms with Gasteiger partial charge in [0.15, 0.2) is 0 Å². The van der Waals surface area contributed by atoms with Gasteiger partial charge in [-0.25, -0.2) is 9.97 Å². The summed E-state index contributed by atoms with van der Waals surface area (Å²) in [5, 5.41) is 3.53. The number of hydrogen-bond acceptors (Lipinski definition) is 5. The molecular weight excluding hydrogens is 348 g/mol. The highest BCUT2D eigenvalue weighted by Gasteiger charge is 2.19. The first-order valence-corrected chi connectivity index (χ1v) is 9.68. The third-order valence-corrected chi connectivity index (χ3v) is 5.83. The zero-order chi connectivity index (χ0) is 18.1. The van der Waals surface area contributed by atoms with Crippen molar-refractivity contribution < 1.29 is 4.79 Å². The Morgan fingerprint density at radius 2 is 2.19 bits per heavy atom. The van der Waals surface area contributed by atoms with Gasteiger partial charge < -0.3 is 10.3 Å². The van der Waals surface area contributed by atoms with Gasteiger partial charge in [0.1, 0.15) is 16.5 Å². The van der Waals surface area contributed by atoms with E-state index in [0.717, 1.165) is 35.0 Å². The number of pyridine rings is 1. The summed E-state index contributed by atoms with van der Waals surface area (Å²) < 4.78 is 0. The molecule has 0 saturated carbocycles. The van der Waals surface area contributed by atoms with Gasteiger partial charge in [0, 0.05) is 23.9 Å². The Morgan fingerprint density at radius 3 is 3.04 bits per heavy atom. The third-order valence-electron chi connectivity index (χ3n) is 4.65. The molecule has 134 valence electrons. The zero-order valence-electron chi connectivity index (χ0n) is 14.6. The second-order valence-electron chi connectivity index (χ2n) is 6.67. The van der Waals surface area contributed by atoms with E-state index in [-0.39, 0.29) is 17.9 Å². The Kier molecular flexibility index (Phi) is 4.55. The second kappa shape index (κ2) is 6.99. The first-order valence-electron chi connectivity index (χ1n) is 8.86. The summed E-state index contributed by atoms with van der Waals surface area (Å²) in [5.41, 5.74) is 2.14. The molecule has 6 nitrogen and oxygen atoms in total. The number of fused-ring (bicyclic) bond motifs is 3. The van der Waals surface area contributed by atoms with Crippen LogP contribution in [-0.4, -0.2) is 20.9 Å². The number of aromatic amines is 1. The second-order valence-corrected chi connectivity index (χ2v) is 7.75. The van der Waals surface area contributed by atoms with Gasteiger partial charge in [0.2, 0.25) is 5.91 Å². The molecule has 3 heterocycles. The number of thiophene rings is 1. The minimum absolute atomic E-state index is 0.0786. The molecule has 2 N–H and O–H groups in total. The molecule has 0 radical (unpaired) electrons. The van der Waals surface area contributed by atoms with Crippen LogP contribution in [0.4, 0.5) is 5.82 Å². The average molecular weight is 368 g/mol. The summed E-state index contributed by atoms with van der Waals surface area (Å²) in [6.07, 6.45) is 6.62. The normalized spacial score (nSPS) is 13.6. The highest BCUT2D eigenvalue weighted by atomic mass is 32.1. The standard InChI is InChI=1S/C19H20N4O2S/c1-11-8-9-20-15(10-11)21-16(24)7-6-14-22-18(25)17-12-4-2-3-5-13(12)26-19(17)23-14/h8-10H,2-7H2,1H3,(H,20,21,24)(H,22,23,25). The van der Waals surface area contributed by atoms with Crippen LogP contribution in [0.3, 0.4) is 0 Å². The minimum atomic E-state index is -0.142. The molecule has 1 amide bonds. The molecule has 0 unspecified atom stereocenters. The molecular formula is C19H20N4O2S. The van der Waals surface area contributed by atoms with Crippen molar-refractivity contribution in [3.8, 4) is 0 Å². The SMILES string of the molecule is Cc1ccnc(NC(=O)CCc2nc3sc4c(c3c(=O)[nH]2)CCCC4)c1. The van der Waals surface area contributed by atoms with Crippen LogP contribution in [0.25, 0.3) is 10.2 Å². The molecule has 7 heteroatoms.